The Kier molecular flexibility index (Phi) is 5.19. The Morgan fingerprint density at radius 2 is 2.00 bits per heavy atom. The van der Waals surface area contributed by atoms with Crippen LogP contribution in [-0.4, -0.2) is 6.54 Å². The van der Waals surface area contributed by atoms with Crippen molar-refractivity contribution in [2.24, 2.45) is 0 Å². The van der Waals surface area contributed by atoms with Gasteiger partial charge in [-0.25, -0.2) is 4.39 Å². The first-order valence-corrected chi connectivity index (χ1v) is 7.65. The zero-order valence-electron chi connectivity index (χ0n) is 11.4. The molecule has 20 heavy (non-hydrogen) atoms. The van der Waals surface area contributed by atoms with E-state index in [1.54, 1.807) is 6.07 Å². The van der Waals surface area contributed by atoms with Gasteiger partial charge in [-0.2, -0.15) is 0 Å². The van der Waals surface area contributed by atoms with Crippen LogP contribution in [0.4, 0.5) is 4.39 Å². The van der Waals surface area contributed by atoms with Gasteiger partial charge in [0.05, 0.1) is 6.04 Å². The molecule has 1 unspecified atom stereocenters. The lowest BCUT2D eigenvalue weighted by Crippen LogP contribution is -2.23. The van der Waals surface area contributed by atoms with E-state index in [1.165, 1.54) is 12.1 Å². The Morgan fingerprint density at radius 1 is 1.25 bits per heavy atom. The molecule has 0 saturated carbocycles. The van der Waals surface area contributed by atoms with Gasteiger partial charge in [0.1, 0.15) is 5.82 Å². The van der Waals surface area contributed by atoms with E-state index in [9.17, 15) is 4.39 Å². The summed E-state index contributed by atoms with van der Waals surface area (Å²) < 4.78 is 14.6. The van der Waals surface area contributed by atoms with Gasteiger partial charge in [-0.3, -0.25) is 0 Å². The molecule has 0 saturated heterocycles. The second-order valence-electron chi connectivity index (χ2n) is 4.61. The molecule has 0 amide bonds. The number of halogens is 3. The van der Waals surface area contributed by atoms with Crippen molar-refractivity contribution in [3.63, 3.8) is 0 Å². The first-order valence-electron chi connectivity index (χ1n) is 6.48. The fourth-order valence-electron chi connectivity index (χ4n) is 2.26. The molecular weight excluding hydrogens is 341 g/mol. The average Bonchev–Trinajstić information content (AvgIpc) is 2.43. The second kappa shape index (κ2) is 6.70. The molecule has 0 aliphatic rings. The smallest absolute Gasteiger partial charge is 0.123 e. The van der Waals surface area contributed by atoms with Crippen LogP contribution in [0.2, 0.25) is 5.02 Å². The summed E-state index contributed by atoms with van der Waals surface area (Å²) in [5.41, 5.74) is 2.97. The third-order valence-corrected chi connectivity index (χ3v) is 4.50. The molecule has 0 aliphatic heterocycles. The van der Waals surface area contributed by atoms with E-state index in [1.807, 2.05) is 32.0 Å². The lowest BCUT2D eigenvalue weighted by Gasteiger charge is -2.22. The summed E-state index contributed by atoms with van der Waals surface area (Å²) in [5, 5.41) is 3.95. The Morgan fingerprint density at radius 3 is 2.70 bits per heavy atom. The minimum absolute atomic E-state index is 0.124. The number of hydrogen-bond donors (Lipinski definition) is 1. The fourth-order valence-corrected chi connectivity index (χ4v) is 2.87. The van der Waals surface area contributed by atoms with E-state index in [0.717, 1.165) is 27.7 Å². The highest BCUT2D eigenvalue weighted by molar-refractivity contribution is 9.10. The number of hydrogen-bond acceptors (Lipinski definition) is 1. The lowest BCUT2D eigenvalue weighted by atomic mass is 9.95. The molecule has 1 nitrogen and oxygen atoms in total. The molecule has 0 aromatic heterocycles. The molecule has 2 rings (SSSR count). The van der Waals surface area contributed by atoms with Gasteiger partial charge in [0.2, 0.25) is 0 Å². The van der Waals surface area contributed by atoms with E-state index >= 15 is 0 Å². The Bertz CT molecular complexity index is 613. The van der Waals surface area contributed by atoms with Crippen molar-refractivity contribution in [2.45, 2.75) is 19.9 Å². The van der Waals surface area contributed by atoms with Gasteiger partial charge in [0, 0.05) is 9.50 Å². The minimum Gasteiger partial charge on any atom is -0.306 e. The van der Waals surface area contributed by atoms with Gasteiger partial charge in [0.25, 0.3) is 0 Å². The summed E-state index contributed by atoms with van der Waals surface area (Å²) >= 11 is 9.79. The quantitative estimate of drug-likeness (QED) is 0.789. The van der Waals surface area contributed by atoms with Gasteiger partial charge >= 0.3 is 0 Å². The summed E-state index contributed by atoms with van der Waals surface area (Å²) in [6, 6.07) is 10.4. The molecule has 0 radical (unpaired) electrons. The zero-order valence-corrected chi connectivity index (χ0v) is 13.7. The molecule has 106 valence electrons. The normalized spacial score (nSPS) is 12.4. The van der Waals surface area contributed by atoms with E-state index < -0.39 is 0 Å². The highest BCUT2D eigenvalue weighted by Gasteiger charge is 2.19. The van der Waals surface area contributed by atoms with Crippen molar-refractivity contribution < 1.29 is 4.39 Å². The van der Waals surface area contributed by atoms with Crippen LogP contribution in [0.3, 0.4) is 0 Å². The fraction of sp³-hybridized carbons (Fsp3) is 0.250. The van der Waals surface area contributed by atoms with E-state index in [4.69, 9.17) is 11.6 Å². The standard InChI is InChI=1S/C16H16BrClFN/c1-3-20-16(12-5-4-6-14(17)10(12)2)13-9-11(19)7-8-15(13)18/h4-9,16,20H,3H2,1-2H3. The minimum atomic E-state index is -0.278. The second-order valence-corrected chi connectivity index (χ2v) is 5.87. The largest absolute Gasteiger partial charge is 0.306 e. The SMILES string of the molecule is CCNC(c1cc(F)ccc1Cl)c1cccc(Br)c1C. The molecule has 0 heterocycles. The third kappa shape index (κ3) is 3.22. The van der Waals surface area contributed by atoms with Crippen LogP contribution in [0.1, 0.15) is 29.7 Å². The van der Waals surface area contributed by atoms with Crippen LogP contribution in [0.25, 0.3) is 0 Å². The lowest BCUT2D eigenvalue weighted by molar-refractivity contribution is 0.602. The van der Waals surface area contributed by atoms with Crippen LogP contribution < -0.4 is 5.32 Å². The number of nitrogens with one attached hydrogen (secondary N) is 1. The van der Waals surface area contributed by atoms with Crippen molar-refractivity contribution >= 4 is 27.5 Å². The number of benzene rings is 2. The van der Waals surface area contributed by atoms with Gasteiger partial charge in [-0.15, -0.1) is 0 Å². The first-order chi connectivity index (χ1) is 9.54. The average molecular weight is 357 g/mol. The number of rotatable bonds is 4. The summed E-state index contributed by atoms with van der Waals surface area (Å²) in [7, 11) is 0. The summed E-state index contributed by atoms with van der Waals surface area (Å²) in [5.74, 6) is -0.278. The molecule has 2 aromatic rings. The molecule has 4 heteroatoms. The maximum absolute atomic E-state index is 13.5. The van der Waals surface area contributed by atoms with E-state index in [2.05, 4.69) is 21.2 Å². The van der Waals surface area contributed by atoms with Crippen LogP contribution in [0.15, 0.2) is 40.9 Å². The van der Waals surface area contributed by atoms with Crippen LogP contribution in [0, 0.1) is 12.7 Å². The van der Waals surface area contributed by atoms with Crippen molar-refractivity contribution in [1.82, 2.24) is 5.32 Å². The van der Waals surface area contributed by atoms with Crippen molar-refractivity contribution in [1.29, 1.82) is 0 Å². The Hall–Kier alpha value is -0.900. The summed E-state index contributed by atoms with van der Waals surface area (Å²) in [6.07, 6.45) is 0. The monoisotopic (exact) mass is 355 g/mol. The van der Waals surface area contributed by atoms with E-state index in [-0.39, 0.29) is 11.9 Å². The third-order valence-electron chi connectivity index (χ3n) is 3.30. The molecule has 0 spiro atoms. The van der Waals surface area contributed by atoms with Crippen LogP contribution in [0.5, 0.6) is 0 Å². The first kappa shape index (κ1) is 15.5. The van der Waals surface area contributed by atoms with Crippen molar-refractivity contribution in [3.05, 3.63) is 68.4 Å². The van der Waals surface area contributed by atoms with Gasteiger partial charge in [0.15, 0.2) is 0 Å². The highest BCUT2D eigenvalue weighted by atomic mass is 79.9. The maximum atomic E-state index is 13.5. The summed E-state index contributed by atoms with van der Waals surface area (Å²) in [6.45, 7) is 4.83. The zero-order chi connectivity index (χ0) is 14.7. The molecule has 2 aromatic carbocycles. The summed E-state index contributed by atoms with van der Waals surface area (Å²) in [4.78, 5) is 0. The molecule has 1 atom stereocenters. The topological polar surface area (TPSA) is 12.0 Å². The van der Waals surface area contributed by atoms with Gasteiger partial charge in [-0.05, 0) is 54.4 Å². The molecule has 1 N–H and O–H groups in total. The Balaban J connectivity index is 2.56. The highest BCUT2D eigenvalue weighted by Crippen LogP contribution is 2.33. The van der Waals surface area contributed by atoms with Crippen LogP contribution in [-0.2, 0) is 0 Å². The van der Waals surface area contributed by atoms with Crippen molar-refractivity contribution in [3.8, 4) is 0 Å². The van der Waals surface area contributed by atoms with Gasteiger partial charge in [-0.1, -0.05) is 46.6 Å². The maximum Gasteiger partial charge on any atom is 0.123 e. The van der Waals surface area contributed by atoms with Gasteiger partial charge < -0.3 is 5.32 Å². The molecule has 0 fully saturated rings. The predicted molar refractivity (Wildman–Crippen MR) is 85.8 cm³/mol. The van der Waals surface area contributed by atoms with E-state index in [0.29, 0.717) is 5.02 Å². The molecule has 0 bridgehead atoms. The van der Waals surface area contributed by atoms with Crippen molar-refractivity contribution in [2.75, 3.05) is 6.54 Å². The molecule has 0 aliphatic carbocycles. The van der Waals surface area contributed by atoms with Crippen LogP contribution >= 0.6 is 27.5 Å². The Labute approximate surface area is 132 Å². The molecular formula is C16H16BrClFN. The predicted octanol–water partition coefficient (Wildman–Crippen LogP) is 5.25.